The molecule has 2 rings (SSSR count). The minimum Gasteiger partial charge on any atom is -0.478 e. The number of urea groups is 1. The summed E-state index contributed by atoms with van der Waals surface area (Å²) in [5, 5.41) is 13.9. The molecule has 0 bridgehead atoms. The highest BCUT2D eigenvalue weighted by Gasteiger charge is 2.28. The van der Waals surface area contributed by atoms with Crippen LogP contribution in [-0.4, -0.2) is 43.1 Å². The Hall–Kier alpha value is -2.09. The number of benzene rings is 1. The van der Waals surface area contributed by atoms with Crippen LogP contribution in [0.15, 0.2) is 24.3 Å². The molecule has 1 aromatic carbocycles. The van der Waals surface area contributed by atoms with Gasteiger partial charge in [-0.15, -0.1) is 0 Å². The third kappa shape index (κ3) is 3.70. The van der Waals surface area contributed by atoms with Crippen molar-refractivity contribution in [3.8, 4) is 0 Å². The molecule has 108 valence electrons. The number of carboxylic acids is 1. The lowest BCUT2D eigenvalue weighted by Gasteiger charge is -2.12. The molecule has 2 amide bonds. The van der Waals surface area contributed by atoms with Crippen molar-refractivity contribution in [1.29, 1.82) is 0 Å². The number of carbonyl (C=O) groups is 2. The number of carbonyl (C=O) groups excluding carboxylic acids is 1. The van der Waals surface area contributed by atoms with Gasteiger partial charge in [0.05, 0.1) is 17.1 Å². The van der Waals surface area contributed by atoms with Crippen molar-refractivity contribution < 1.29 is 23.1 Å². The molecule has 1 aliphatic heterocycles. The largest absolute Gasteiger partial charge is 0.478 e. The van der Waals surface area contributed by atoms with Crippen LogP contribution in [0.2, 0.25) is 0 Å². The van der Waals surface area contributed by atoms with E-state index in [9.17, 15) is 18.0 Å². The minimum atomic E-state index is -3.05. The van der Waals surface area contributed by atoms with Gasteiger partial charge in [0.2, 0.25) is 0 Å². The van der Waals surface area contributed by atoms with Crippen LogP contribution in [0.1, 0.15) is 16.8 Å². The molecule has 1 fully saturated rings. The zero-order valence-corrected chi connectivity index (χ0v) is 11.3. The number of nitrogens with one attached hydrogen (secondary N) is 2. The van der Waals surface area contributed by atoms with Gasteiger partial charge in [-0.05, 0) is 24.6 Å². The highest BCUT2D eigenvalue weighted by Crippen LogP contribution is 2.13. The van der Waals surface area contributed by atoms with Gasteiger partial charge in [0.25, 0.3) is 0 Å². The van der Waals surface area contributed by atoms with Crippen LogP contribution in [0, 0.1) is 0 Å². The van der Waals surface area contributed by atoms with E-state index in [-0.39, 0.29) is 17.1 Å². The van der Waals surface area contributed by atoms with Crippen molar-refractivity contribution in [1.82, 2.24) is 5.32 Å². The second-order valence-electron chi connectivity index (χ2n) is 4.58. The zero-order valence-electron chi connectivity index (χ0n) is 10.5. The monoisotopic (exact) mass is 298 g/mol. The average molecular weight is 298 g/mol. The number of anilines is 1. The highest BCUT2D eigenvalue weighted by atomic mass is 32.2. The average Bonchev–Trinajstić information content (AvgIpc) is 2.68. The Labute approximate surface area is 115 Å². The van der Waals surface area contributed by atoms with Crippen LogP contribution in [0.3, 0.4) is 0 Å². The molecule has 3 N–H and O–H groups in total. The topological polar surface area (TPSA) is 113 Å². The standard InChI is InChI=1S/C12H14N2O5S/c15-11(16)8-2-1-3-9(6-8)13-12(17)14-10-4-5-20(18,19)7-10/h1-3,6,10H,4-5,7H2,(H,15,16)(H2,13,14,17). The van der Waals surface area contributed by atoms with Crippen LogP contribution in [-0.2, 0) is 9.84 Å². The summed E-state index contributed by atoms with van der Waals surface area (Å²) in [5.41, 5.74) is 0.398. The molecule has 1 heterocycles. The Kier molecular flexibility index (Phi) is 3.93. The molecule has 20 heavy (non-hydrogen) atoms. The van der Waals surface area contributed by atoms with Gasteiger partial charge in [0.15, 0.2) is 9.84 Å². The molecule has 1 unspecified atom stereocenters. The van der Waals surface area contributed by atoms with E-state index in [1.165, 1.54) is 18.2 Å². The first-order valence-electron chi connectivity index (χ1n) is 5.97. The smallest absolute Gasteiger partial charge is 0.335 e. The van der Waals surface area contributed by atoms with E-state index in [1.807, 2.05) is 0 Å². The van der Waals surface area contributed by atoms with Crippen molar-refractivity contribution in [3.63, 3.8) is 0 Å². The maximum absolute atomic E-state index is 11.7. The predicted octanol–water partition coefficient (Wildman–Crippen LogP) is 0.693. The number of carboxylic acid groups (broad SMARTS) is 1. The number of hydrogen-bond donors (Lipinski definition) is 3. The number of rotatable bonds is 3. The summed E-state index contributed by atoms with van der Waals surface area (Å²) in [6.45, 7) is 0. The number of hydrogen-bond acceptors (Lipinski definition) is 4. The van der Waals surface area contributed by atoms with Crippen molar-refractivity contribution in [2.75, 3.05) is 16.8 Å². The summed E-state index contributed by atoms with van der Waals surface area (Å²) in [4.78, 5) is 22.5. The van der Waals surface area contributed by atoms with Crippen LogP contribution in [0.25, 0.3) is 0 Å². The number of amides is 2. The molecule has 1 aromatic rings. The van der Waals surface area contributed by atoms with Crippen molar-refractivity contribution in [3.05, 3.63) is 29.8 Å². The molecule has 1 atom stereocenters. The van der Waals surface area contributed by atoms with E-state index in [0.29, 0.717) is 12.1 Å². The fourth-order valence-electron chi connectivity index (χ4n) is 1.99. The first-order chi connectivity index (χ1) is 9.35. The van der Waals surface area contributed by atoms with E-state index in [1.54, 1.807) is 6.07 Å². The third-order valence-corrected chi connectivity index (χ3v) is 4.70. The molecule has 0 spiro atoms. The van der Waals surface area contributed by atoms with Crippen LogP contribution >= 0.6 is 0 Å². The van der Waals surface area contributed by atoms with Gasteiger partial charge in [-0.2, -0.15) is 0 Å². The molecule has 1 saturated heterocycles. The predicted molar refractivity (Wildman–Crippen MR) is 72.6 cm³/mol. The van der Waals surface area contributed by atoms with Gasteiger partial charge in [-0.25, -0.2) is 18.0 Å². The maximum Gasteiger partial charge on any atom is 0.335 e. The van der Waals surface area contributed by atoms with Gasteiger partial charge >= 0.3 is 12.0 Å². The minimum absolute atomic E-state index is 0.0599. The zero-order chi connectivity index (χ0) is 14.8. The summed E-state index contributed by atoms with van der Waals surface area (Å²) in [6, 6.07) is 4.86. The van der Waals surface area contributed by atoms with Crippen LogP contribution in [0.4, 0.5) is 10.5 Å². The van der Waals surface area contributed by atoms with Crippen molar-refractivity contribution in [2.24, 2.45) is 0 Å². The number of aromatic carboxylic acids is 1. The first kappa shape index (κ1) is 14.3. The Bertz CT molecular complexity index is 641. The summed E-state index contributed by atoms with van der Waals surface area (Å²) < 4.78 is 22.5. The lowest BCUT2D eigenvalue weighted by Crippen LogP contribution is -2.38. The van der Waals surface area contributed by atoms with Gasteiger partial charge in [-0.1, -0.05) is 6.07 Å². The third-order valence-electron chi connectivity index (χ3n) is 2.94. The fraction of sp³-hybridized carbons (Fsp3) is 0.333. The lowest BCUT2D eigenvalue weighted by atomic mass is 10.2. The number of sulfone groups is 1. The molecular formula is C12H14N2O5S. The lowest BCUT2D eigenvalue weighted by molar-refractivity contribution is 0.0697. The van der Waals surface area contributed by atoms with Crippen LogP contribution < -0.4 is 10.6 Å². The van der Waals surface area contributed by atoms with E-state index in [0.717, 1.165) is 0 Å². The second-order valence-corrected chi connectivity index (χ2v) is 6.81. The van der Waals surface area contributed by atoms with Gasteiger partial charge in [0.1, 0.15) is 0 Å². The second kappa shape index (κ2) is 5.49. The SMILES string of the molecule is O=C(Nc1cccc(C(=O)O)c1)NC1CCS(=O)(=O)C1. The van der Waals surface area contributed by atoms with E-state index in [2.05, 4.69) is 10.6 Å². The molecule has 8 heteroatoms. The Morgan fingerprint density at radius 3 is 2.65 bits per heavy atom. The molecule has 0 aliphatic carbocycles. The summed E-state index contributed by atoms with van der Waals surface area (Å²) in [6.07, 6.45) is 0.394. The summed E-state index contributed by atoms with van der Waals surface area (Å²) >= 11 is 0. The first-order valence-corrected chi connectivity index (χ1v) is 7.79. The molecule has 7 nitrogen and oxygen atoms in total. The molecule has 0 radical (unpaired) electrons. The molecule has 1 aliphatic rings. The Morgan fingerprint density at radius 1 is 1.30 bits per heavy atom. The van der Waals surface area contributed by atoms with Crippen molar-refractivity contribution in [2.45, 2.75) is 12.5 Å². The summed E-state index contributed by atoms with van der Waals surface area (Å²) in [5.74, 6) is -1.07. The van der Waals surface area contributed by atoms with Gasteiger partial charge in [-0.3, -0.25) is 0 Å². The fourth-order valence-corrected chi connectivity index (χ4v) is 3.66. The van der Waals surface area contributed by atoms with E-state index < -0.39 is 27.9 Å². The quantitative estimate of drug-likeness (QED) is 0.760. The molecular weight excluding hydrogens is 284 g/mol. The van der Waals surface area contributed by atoms with Crippen molar-refractivity contribution >= 4 is 27.5 Å². The van der Waals surface area contributed by atoms with E-state index in [4.69, 9.17) is 5.11 Å². The van der Waals surface area contributed by atoms with Gasteiger partial charge < -0.3 is 15.7 Å². The highest BCUT2D eigenvalue weighted by molar-refractivity contribution is 7.91. The van der Waals surface area contributed by atoms with E-state index >= 15 is 0 Å². The maximum atomic E-state index is 11.7. The van der Waals surface area contributed by atoms with Crippen LogP contribution in [0.5, 0.6) is 0 Å². The normalized spacial score (nSPS) is 20.3. The molecule has 0 saturated carbocycles. The van der Waals surface area contributed by atoms with Gasteiger partial charge in [0, 0.05) is 11.7 Å². The summed E-state index contributed by atoms with van der Waals surface area (Å²) in [7, 11) is -3.05. The Morgan fingerprint density at radius 2 is 2.05 bits per heavy atom. The molecule has 0 aromatic heterocycles. The Balaban J connectivity index is 1.95.